The van der Waals surface area contributed by atoms with Gasteiger partial charge in [0.05, 0.1) is 17.1 Å². The average Bonchev–Trinajstić information content (AvgIpc) is 3.21. The van der Waals surface area contributed by atoms with Crippen molar-refractivity contribution < 1.29 is 19.5 Å². The zero-order valence-corrected chi connectivity index (χ0v) is 19.7. The lowest BCUT2D eigenvalue weighted by Crippen LogP contribution is -2.43. The minimum absolute atomic E-state index is 0.0445. The molecule has 1 fully saturated rings. The Balaban J connectivity index is 1.71. The van der Waals surface area contributed by atoms with Crippen molar-refractivity contribution in [2.45, 2.75) is 45.3 Å². The first-order chi connectivity index (χ1) is 16.2. The van der Waals surface area contributed by atoms with E-state index in [1.54, 1.807) is 16.5 Å². The predicted octanol–water partition coefficient (Wildman–Crippen LogP) is 4.79. The second-order valence-corrected chi connectivity index (χ2v) is 9.45. The Kier molecular flexibility index (Phi) is 6.70. The van der Waals surface area contributed by atoms with Crippen molar-refractivity contribution in [1.82, 2.24) is 19.9 Å². The van der Waals surface area contributed by atoms with Crippen molar-refractivity contribution >= 4 is 29.1 Å². The van der Waals surface area contributed by atoms with Crippen LogP contribution < -0.4 is 5.48 Å². The number of piperidine rings is 1. The second-order valence-electron chi connectivity index (χ2n) is 9.45. The molecule has 3 aromatic rings. The lowest BCUT2D eigenvalue weighted by atomic mass is 10.0. The molecule has 2 heterocycles. The summed E-state index contributed by atoms with van der Waals surface area (Å²) >= 11 is 0. The number of imidazole rings is 1. The Morgan fingerprint density at radius 3 is 2.74 bits per heavy atom. The number of nitrogens with zero attached hydrogens (tertiary/aromatic N) is 3. The first-order valence-corrected chi connectivity index (χ1v) is 11.4. The number of rotatable bonds is 4. The summed E-state index contributed by atoms with van der Waals surface area (Å²) in [7, 11) is 0. The first kappa shape index (κ1) is 23.5. The lowest BCUT2D eigenvalue weighted by molar-refractivity contribution is -0.124. The summed E-state index contributed by atoms with van der Waals surface area (Å²) in [6.07, 6.45) is 4.39. The Bertz CT molecular complexity index is 1230. The number of hydroxylamine groups is 1. The number of aromatic nitrogens is 2. The molecular formula is C26H30N4O4. The minimum Gasteiger partial charge on any atom is -0.444 e. The van der Waals surface area contributed by atoms with Gasteiger partial charge >= 0.3 is 6.09 Å². The van der Waals surface area contributed by atoms with Crippen LogP contribution in [0.2, 0.25) is 0 Å². The summed E-state index contributed by atoms with van der Waals surface area (Å²) in [4.78, 5) is 30.9. The summed E-state index contributed by atoms with van der Waals surface area (Å²) in [5, 5.41) is 8.73. The number of nitrogens with one attached hydrogen (secondary N) is 1. The maximum absolute atomic E-state index is 12.8. The number of benzene rings is 2. The third-order valence-electron chi connectivity index (χ3n) is 5.69. The number of carbonyl (C=O) groups is 2. The first-order valence-electron chi connectivity index (χ1n) is 11.4. The van der Waals surface area contributed by atoms with E-state index in [1.165, 1.54) is 6.08 Å². The number of hydrogen-bond acceptors (Lipinski definition) is 5. The lowest BCUT2D eigenvalue weighted by Gasteiger charge is -2.35. The maximum atomic E-state index is 12.8. The van der Waals surface area contributed by atoms with Gasteiger partial charge in [0, 0.05) is 24.7 Å². The van der Waals surface area contributed by atoms with Gasteiger partial charge in [-0.05, 0) is 63.5 Å². The van der Waals surface area contributed by atoms with Gasteiger partial charge in [-0.2, -0.15) is 0 Å². The Labute approximate surface area is 198 Å². The number of fused-ring (bicyclic) bond motifs is 1. The third-order valence-corrected chi connectivity index (χ3v) is 5.69. The molecule has 0 bridgehead atoms. The zero-order valence-electron chi connectivity index (χ0n) is 19.7. The molecule has 1 unspecified atom stereocenters. The SMILES string of the molecule is CC(C)(C)OC(=O)N1CCCC(n2c(-c3cccc(C=CC(=O)NO)c3)nc3ccccc32)C1. The van der Waals surface area contributed by atoms with Crippen LogP contribution in [0.15, 0.2) is 54.6 Å². The van der Waals surface area contributed by atoms with Gasteiger partial charge in [-0.3, -0.25) is 10.0 Å². The molecule has 0 saturated carbocycles. The van der Waals surface area contributed by atoms with Crippen LogP contribution in [-0.4, -0.2) is 50.3 Å². The van der Waals surface area contributed by atoms with Gasteiger partial charge in [-0.1, -0.05) is 30.3 Å². The molecule has 0 aliphatic carbocycles. The fourth-order valence-corrected chi connectivity index (χ4v) is 4.27. The highest BCUT2D eigenvalue weighted by molar-refractivity contribution is 5.91. The van der Waals surface area contributed by atoms with Gasteiger partial charge in [-0.15, -0.1) is 0 Å². The largest absolute Gasteiger partial charge is 0.444 e. The topological polar surface area (TPSA) is 96.7 Å². The van der Waals surface area contributed by atoms with E-state index in [1.807, 2.05) is 69.3 Å². The van der Waals surface area contributed by atoms with Crippen LogP contribution in [0, 0.1) is 0 Å². The molecule has 178 valence electrons. The molecule has 1 aliphatic heterocycles. The highest BCUT2D eigenvalue weighted by atomic mass is 16.6. The van der Waals surface area contributed by atoms with E-state index < -0.39 is 11.5 Å². The van der Waals surface area contributed by atoms with Crippen LogP contribution >= 0.6 is 0 Å². The second kappa shape index (κ2) is 9.69. The van der Waals surface area contributed by atoms with E-state index in [-0.39, 0.29) is 12.1 Å². The standard InChI is InChI=1S/C26H30N4O4/c1-26(2,3)34-25(32)29-15-7-10-20(17-29)30-22-12-5-4-11-21(22)27-24(30)19-9-6-8-18(16-19)13-14-23(31)28-33/h4-6,8-9,11-14,16,20,33H,7,10,15,17H2,1-3H3,(H,28,31). The van der Waals surface area contributed by atoms with E-state index in [2.05, 4.69) is 4.57 Å². The van der Waals surface area contributed by atoms with Crippen LogP contribution in [0.3, 0.4) is 0 Å². The average molecular weight is 463 g/mol. The van der Waals surface area contributed by atoms with Crippen molar-refractivity contribution in [3.8, 4) is 11.4 Å². The smallest absolute Gasteiger partial charge is 0.410 e. The molecule has 4 rings (SSSR count). The van der Waals surface area contributed by atoms with E-state index in [0.29, 0.717) is 13.1 Å². The molecule has 2 aromatic carbocycles. The third kappa shape index (κ3) is 5.28. The number of likely N-dealkylation sites (tertiary alicyclic amines) is 1. The van der Waals surface area contributed by atoms with E-state index in [0.717, 1.165) is 40.8 Å². The molecule has 1 aliphatic rings. The summed E-state index contributed by atoms with van der Waals surface area (Å²) in [5.41, 5.74) is 4.65. The molecule has 1 aromatic heterocycles. The molecule has 2 N–H and O–H groups in total. The molecule has 8 heteroatoms. The van der Waals surface area contributed by atoms with Gasteiger partial charge in [-0.25, -0.2) is 15.3 Å². The van der Waals surface area contributed by atoms with Crippen molar-refractivity contribution in [1.29, 1.82) is 0 Å². The highest BCUT2D eigenvalue weighted by Gasteiger charge is 2.30. The summed E-state index contributed by atoms with van der Waals surface area (Å²) in [6.45, 7) is 6.83. The van der Waals surface area contributed by atoms with Gasteiger partial charge in [0.1, 0.15) is 11.4 Å². The summed E-state index contributed by atoms with van der Waals surface area (Å²) in [5.74, 6) is 0.209. The quantitative estimate of drug-likeness (QED) is 0.330. The van der Waals surface area contributed by atoms with Crippen LogP contribution in [-0.2, 0) is 9.53 Å². The van der Waals surface area contributed by atoms with Gasteiger partial charge in [0.15, 0.2) is 0 Å². The van der Waals surface area contributed by atoms with Gasteiger partial charge < -0.3 is 14.2 Å². The van der Waals surface area contributed by atoms with Crippen LogP contribution in [0.1, 0.15) is 45.2 Å². The molecule has 1 saturated heterocycles. The van der Waals surface area contributed by atoms with E-state index in [4.69, 9.17) is 14.9 Å². The Hall–Kier alpha value is -3.65. The van der Waals surface area contributed by atoms with Crippen molar-refractivity contribution in [2.24, 2.45) is 0 Å². The van der Waals surface area contributed by atoms with E-state index in [9.17, 15) is 9.59 Å². The van der Waals surface area contributed by atoms with Crippen LogP contribution in [0.4, 0.5) is 4.79 Å². The fraction of sp³-hybridized carbons (Fsp3) is 0.346. The molecular weight excluding hydrogens is 432 g/mol. The molecule has 1 atom stereocenters. The fourth-order valence-electron chi connectivity index (χ4n) is 4.27. The molecule has 0 radical (unpaired) electrons. The molecule has 2 amide bonds. The van der Waals surface area contributed by atoms with Crippen LogP contribution in [0.25, 0.3) is 28.5 Å². The molecule has 34 heavy (non-hydrogen) atoms. The van der Waals surface area contributed by atoms with Gasteiger partial charge in [0.25, 0.3) is 5.91 Å². The Morgan fingerprint density at radius 2 is 1.97 bits per heavy atom. The maximum Gasteiger partial charge on any atom is 0.410 e. The highest BCUT2D eigenvalue weighted by Crippen LogP contribution is 2.33. The number of amides is 2. The van der Waals surface area contributed by atoms with Crippen molar-refractivity contribution in [3.05, 3.63) is 60.2 Å². The van der Waals surface area contributed by atoms with Crippen LogP contribution in [0.5, 0.6) is 0 Å². The Morgan fingerprint density at radius 1 is 1.18 bits per heavy atom. The van der Waals surface area contributed by atoms with Crippen molar-refractivity contribution in [2.75, 3.05) is 13.1 Å². The minimum atomic E-state index is -0.595. The van der Waals surface area contributed by atoms with Crippen molar-refractivity contribution in [3.63, 3.8) is 0 Å². The number of carbonyl (C=O) groups excluding carboxylic acids is 2. The molecule has 0 spiro atoms. The number of hydrogen-bond donors (Lipinski definition) is 2. The zero-order chi connectivity index (χ0) is 24.3. The number of para-hydroxylation sites is 2. The molecule has 8 nitrogen and oxygen atoms in total. The summed E-state index contributed by atoms with van der Waals surface area (Å²) < 4.78 is 7.84. The predicted molar refractivity (Wildman–Crippen MR) is 130 cm³/mol. The summed E-state index contributed by atoms with van der Waals surface area (Å²) in [6, 6.07) is 15.7. The monoisotopic (exact) mass is 462 g/mol. The van der Waals surface area contributed by atoms with E-state index >= 15 is 0 Å². The normalized spacial score (nSPS) is 16.7. The number of ether oxygens (including phenoxy) is 1. The van der Waals surface area contributed by atoms with Gasteiger partial charge in [0.2, 0.25) is 0 Å².